The van der Waals surface area contributed by atoms with Crippen LogP contribution < -0.4 is 5.56 Å². The van der Waals surface area contributed by atoms with Gasteiger partial charge in [0.05, 0.1) is 10.9 Å². The molecule has 2 N–H and O–H groups in total. The van der Waals surface area contributed by atoms with Crippen molar-refractivity contribution in [3.63, 3.8) is 0 Å². The number of thiophene rings is 1. The van der Waals surface area contributed by atoms with Gasteiger partial charge in [-0.1, -0.05) is 30.8 Å². The summed E-state index contributed by atoms with van der Waals surface area (Å²) in [4.78, 5) is 33.3. The molecule has 1 aliphatic rings. The molecular formula is C19H18N2O3S2. The Morgan fingerprint density at radius 3 is 3.12 bits per heavy atom. The van der Waals surface area contributed by atoms with E-state index in [0.717, 1.165) is 35.0 Å². The van der Waals surface area contributed by atoms with Gasteiger partial charge >= 0.3 is 5.97 Å². The molecule has 2 heterocycles. The summed E-state index contributed by atoms with van der Waals surface area (Å²) in [6.45, 7) is 2.25. The molecule has 7 heteroatoms. The number of rotatable bonds is 4. The Bertz CT molecular complexity index is 1050. The predicted octanol–water partition coefficient (Wildman–Crippen LogP) is 4.10. The molecule has 5 nitrogen and oxygen atoms in total. The molecule has 0 fully saturated rings. The number of carboxylic acid groups (broad SMARTS) is 1. The SMILES string of the molecule is CC1CCc2c(sc3nc(SCc4cccc(C(=O)O)c4)[nH]c(=O)c23)C1. The van der Waals surface area contributed by atoms with Crippen LogP contribution in [0.3, 0.4) is 0 Å². The Labute approximate surface area is 158 Å². The number of carboxylic acids is 1. The fourth-order valence-electron chi connectivity index (χ4n) is 3.34. The van der Waals surface area contributed by atoms with Crippen LogP contribution in [0.4, 0.5) is 0 Å². The van der Waals surface area contributed by atoms with E-state index in [0.29, 0.717) is 16.8 Å². The van der Waals surface area contributed by atoms with Gasteiger partial charge in [0.1, 0.15) is 4.83 Å². The number of carbonyl (C=O) groups is 1. The van der Waals surface area contributed by atoms with Crippen LogP contribution in [0.2, 0.25) is 0 Å². The number of aromatic carboxylic acids is 1. The summed E-state index contributed by atoms with van der Waals surface area (Å²) < 4.78 is 0. The smallest absolute Gasteiger partial charge is 0.335 e. The maximum Gasteiger partial charge on any atom is 0.335 e. The molecule has 134 valence electrons. The minimum atomic E-state index is -0.941. The highest BCUT2D eigenvalue weighted by Gasteiger charge is 2.23. The number of H-pyrrole nitrogens is 1. The molecule has 0 spiro atoms. The zero-order valence-electron chi connectivity index (χ0n) is 14.2. The average molecular weight is 386 g/mol. The van der Waals surface area contributed by atoms with E-state index in [4.69, 9.17) is 5.11 Å². The Kier molecular flexibility index (Phi) is 4.58. The van der Waals surface area contributed by atoms with E-state index in [1.807, 2.05) is 6.07 Å². The van der Waals surface area contributed by atoms with E-state index >= 15 is 0 Å². The predicted molar refractivity (Wildman–Crippen MR) is 104 cm³/mol. The number of thioether (sulfide) groups is 1. The average Bonchev–Trinajstić information content (AvgIpc) is 2.97. The van der Waals surface area contributed by atoms with Crippen LogP contribution >= 0.6 is 23.1 Å². The highest BCUT2D eigenvalue weighted by molar-refractivity contribution is 7.98. The van der Waals surface area contributed by atoms with Gasteiger partial charge in [0.2, 0.25) is 0 Å². The lowest BCUT2D eigenvalue weighted by Crippen LogP contribution is -2.13. The first-order valence-corrected chi connectivity index (χ1v) is 10.3. The summed E-state index contributed by atoms with van der Waals surface area (Å²) >= 11 is 3.05. The van der Waals surface area contributed by atoms with Crippen molar-refractivity contribution in [1.29, 1.82) is 0 Å². The zero-order valence-corrected chi connectivity index (χ0v) is 15.9. The fourth-order valence-corrected chi connectivity index (χ4v) is 5.59. The van der Waals surface area contributed by atoms with E-state index in [9.17, 15) is 9.59 Å². The molecule has 0 aliphatic heterocycles. The molecule has 1 atom stereocenters. The van der Waals surface area contributed by atoms with Crippen molar-refractivity contribution in [3.05, 3.63) is 56.2 Å². The number of aromatic amines is 1. The number of nitrogens with one attached hydrogen (secondary N) is 1. The van der Waals surface area contributed by atoms with Crippen molar-refractivity contribution in [2.75, 3.05) is 0 Å². The summed E-state index contributed by atoms with van der Waals surface area (Å²) in [5, 5.41) is 10.4. The number of fused-ring (bicyclic) bond motifs is 3. The Morgan fingerprint density at radius 2 is 2.31 bits per heavy atom. The molecule has 0 radical (unpaired) electrons. The van der Waals surface area contributed by atoms with Crippen molar-refractivity contribution in [2.24, 2.45) is 5.92 Å². The molecule has 0 saturated carbocycles. The van der Waals surface area contributed by atoms with E-state index in [1.165, 1.54) is 22.2 Å². The van der Waals surface area contributed by atoms with Gasteiger partial charge in [-0.05, 0) is 48.4 Å². The van der Waals surface area contributed by atoms with Gasteiger partial charge in [0.25, 0.3) is 5.56 Å². The molecule has 2 aromatic heterocycles. The number of hydrogen-bond acceptors (Lipinski definition) is 5. The minimum Gasteiger partial charge on any atom is -0.478 e. The molecule has 4 rings (SSSR count). The van der Waals surface area contributed by atoms with Crippen LogP contribution in [0.1, 0.15) is 39.7 Å². The summed E-state index contributed by atoms with van der Waals surface area (Å²) in [5.74, 6) is 0.269. The molecule has 26 heavy (non-hydrogen) atoms. The number of benzene rings is 1. The largest absolute Gasteiger partial charge is 0.478 e. The van der Waals surface area contributed by atoms with Gasteiger partial charge in [-0.15, -0.1) is 11.3 Å². The quantitative estimate of drug-likeness (QED) is 0.521. The van der Waals surface area contributed by atoms with Gasteiger partial charge in [-0.3, -0.25) is 4.79 Å². The van der Waals surface area contributed by atoms with E-state index in [2.05, 4.69) is 16.9 Å². The third-order valence-electron chi connectivity index (χ3n) is 4.69. The van der Waals surface area contributed by atoms with Gasteiger partial charge in [-0.25, -0.2) is 9.78 Å². The van der Waals surface area contributed by atoms with Crippen LogP contribution in [0.15, 0.2) is 34.2 Å². The molecule has 1 aromatic carbocycles. The fraction of sp³-hybridized carbons (Fsp3) is 0.316. The Balaban J connectivity index is 1.61. The van der Waals surface area contributed by atoms with E-state index in [1.54, 1.807) is 29.5 Å². The molecule has 1 unspecified atom stereocenters. The Morgan fingerprint density at radius 1 is 1.46 bits per heavy atom. The normalized spacial score (nSPS) is 16.6. The van der Waals surface area contributed by atoms with Crippen molar-refractivity contribution >= 4 is 39.3 Å². The van der Waals surface area contributed by atoms with Crippen molar-refractivity contribution in [1.82, 2.24) is 9.97 Å². The van der Waals surface area contributed by atoms with Crippen LogP contribution in [-0.4, -0.2) is 21.0 Å². The van der Waals surface area contributed by atoms with Gasteiger partial charge in [0, 0.05) is 10.6 Å². The van der Waals surface area contributed by atoms with Gasteiger partial charge < -0.3 is 10.1 Å². The van der Waals surface area contributed by atoms with Crippen molar-refractivity contribution < 1.29 is 9.90 Å². The topological polar surface area (TPSA) is 83.0 Å². The first-order chi connectivity index (χ1) is 12.5. The molecule has 3 aromatic rings. The number of nitrogens with zero attached hydrogens (tertiary/aromatic N) is 1. The van der Waals surface area contributed by atoms with Crippen LogP contribution in [0.5, 0.6) is 0 Å². The summed E-state index contributed by atoms with van der Waals surface area (Å²) in [6, 6.07) is 6.82. The second-order valence-electron chi connectivity index (χ2n) is 6.70. The molecule has 0 amide bonds. The van der Waals surface area contributed by atoms with Crippen molar-refractivity contribution in [2.45, 2.75) is 37.1 Å². The molecular weight excluding hydrogens is 368 g/mol. The third kappa shape index (κ3) is 3.29. The third-order valence-corrected chi connectivity index (χ3v) is 6.79. The summed E-state index contributed by atoms with van der Waals surface area (Å²) in [7, 11) is 0. The van der Waals surface area contributed by atoms with E-state index in [-0.39, 0.29) is 11.1 Å². The van der Waals surface area contributed by atoms with Crippen LogP contribution in [0, 0.1) is 5.92 Å². The van der Waals surface area contributed by atoms with Gasteiger partial charge in [-0.2, -0.15) is 0 Å². The molecule has 1 aliphatic carbocycles. The second-order valence-corrected chi connectivity index (χ2v) is 8.74. The lowest BCUT2D eigenvalue weighted by Gasteiger charge is -2.17. The number of hydrogen-bond donors (Lipinski definition) is 2. The van der Waals surface area contributed by atoms with Gasteiger partial charge in [0.15, 0.2) is 5.16 Å². The second kappa shape index (κ2) is 6.89. The van der Waals surface area contributed by atoms with E-state index < -0.39 is 5.97 Å². The minimum absolute atomic E-state index is 0.0659. The maximum absolute atomic E-state index is 12.6. The summed E-state index contributed by atoms with van der Waals surface area (Å²) in [6.07, 6.45) is 3.10. The maximum atomic E-state index is 12.6. The molecule has 0 saturated heterocycles. The Hall–Kier alpha value is -2.12. The van der Waals surface area contributed by atoms with Crippen molar-refractivity contribution in [3.8, 4) is 0 Å². The summed E-state index contributed by atoms with van der Waals surface area (Å²) in [5.41, 5.74) is 2.27. The number of aromatic nitrogens is 2. The highest BCUT2D eigenvalue weighted by Crippen LogP contribution is 2.36. The first-order valence-electron chi connectivity index (χ1n) is 8.51. The zero-order chi connectivity index (χ0) is 18.3. The highest BCUT2D eigenvalue weighted by atomic mass is 32.2. The lowest BCUT2D eigenvalue weighted by molar-refractivity contribution is 0.0697. The lowest BCUT2D eigenvalue weighted by atomic mass is 9.89. The molecule has 0 bridgehead atoms. The monoisotopic (exact) mass is 386 g/mol. The number of aryl methyl sites for hydroxylation is 1. The van der Waals surface area contributed by atoms with Crippen LogP contribution in [-0.2, 0) is 18.6 Å². The van der Waals surface area contributed by atoms with Crippen LogP contribution in [0.25, 0.3) is 10.2 Å². The standard InChI is InChI=1S/C19H18N2O3S2/c1-10-5-6-13-14(7-10)26-17-15(13)16(22)20-19(21-17)25-9-11-3-2-4-12(8-11)18(23)24/h2-4,8,10H,5-7,9H2,1H3,(H,23,24)(H,20,21,22). The first kappa shape index (κ1) is 17.3.